The molecular weight excluding hydrogens is 287 g/mol. The van der Waals surface area contributed by atoms with Crippen molar-refractivity contribution in [2.24, 2.45) is 13.0 Å². The predicted octanol–water partition coefficient (Wildman–Crippen LogP) is 2.24. The standard InChI is InChI=1S/C16H19FN2O3/c1-9(2)14(16(21)22-4)18-15(20)13-7-10-5-6-11(17)8-12(10)19(13)3/h5-9,14H,1-4H3,(H,18,20). The number of aromatic nitrogens is 1. The molecule has 1 aromatic carbocycles. The molecule has 5 nitrogen and oxygen atoms in total. The average Bonchev–Trinajstić information content (AvgIpc) is 2.80. The van der Waals surface area contributed by atoms with Gasteiger partial charge in [0.1, 0.15) is 17.6 Å². The van der Waals surface area contributed by atoms with Gasteiger partial charge in [0.05, 0.1) is 12.6 Å². The molecule has 1 heterocycles. The number of aryl methyl sites for hydroxylation is 1. The van der Waals surface area contributed by atoms with Crippen LogP contribution in [0.15, 0.2) is 24.3 Å². The Morgan fingerprint density at radius 1 is 1.27 bits per heavy atom. The van der Waals surface area contributed by atoms with Gasteiger partial charge in [0.15, 0.2) is 0 Å². The van der Waals surface area contributed by atoms with Gasteiger partial charge in [-0.3, -0.25) is 4.79 Å². The van der Waals surface area contributed by atoms with E-state index in [2.05, 4.69) is 5.32 Å². The quantitative estimate of drug-likeness (QED) is 0.881. The van der Waals surface area contributed by atoms with Crippen LogP contribution in [0.5, 0.6) is 0 Å². The molecule has 0 spiro atoms. The summed E-state index contributed by atoms with van der Waals surface area (Å²) in [5.41, 5.74) is 0.972. The number of fused-ring (bicyclic) bond motifs is 1. The number of halogens is 1. The first-order valence-corrected chi connectivity index (χ1v) is 6.98. The van der Waals surface area contributed by atoms with Crippen LogP contribution in [0, 0.1) is 11.7 Å². The second-order valence-corrected chi connectivity index (χ2v) is 5.51. The summed E-state index contributed by atoms with van der Waals surface area (Å²) >= 11 is 0. The predicted molar refractivity (Wildman–Crippen MR) is 81.0 cm³/mol. The number of amides is 1. The van der Waals surface area contributed by atoms with Gasteiger partial charge in [0, 0.05) is 12.4 Å². The highest BCUT2D eigenvalue weighted by molar-refractivity contribution is 6.00. The summed E-state index contributed by atoms with van der Waals surface area (Å²) in [6.45, 7) is 3.64. The maximum absolute atomic E-state index is 13.3. The molecule has 0 fully saturated rings. The fourth-order valence-corrected chi connectivity index (χ4v) is 2.36. The van der Waals surface area contributed by atoms with Crippen LogP contribution in [0.3, 0.4) is 0 Å². The highest BCUT2D eigenvalue weighted by Crippen LogP contribution is 2.20. The molecule has 1 aromatic heterocycles. The third kappa shape index (κ3) is 2.95. The van der Waals surface area contributed by atoms with Crippen LogP contribution >= 0.6 is 0 Å². The smallest absolute Gasteiger partial charge is 0.328 e. The van der Waals surface area contributed by atoms with Crippen LogP contribution in [0.25, 0.3) is 10.9 Å². The van der Waals surface area contributed by atoms with Crippen molar-refractivity contribution in [3.8, 4) is 0 Å². The minimum absolute atomic E-state index is 0.108. The van der Waals surface area contributed by atoms with Crippen molar-refractivity contribution in [3.63, 3.8) is 0 Å². The van der Waals surface area contributed by atoms with E-state index in [0.29, 0.717) is 11.2 Å². The van der Waals surface area contributed by atoms with Crippen molar-refractivity contribution in [2.45, 2.75) is 19.9 Å². The summed E-state index contributed by atoms with van der Waals surface area (Å²) in [7, 11) is 2.96. The van der Waals surface area contributed by atoms with Crippen LogP contribution in [-0.4, -0.2) is 29.6 Å². The van der Waals surface area contributed by atoms with Crippen molar-refractivity contribution in [1.29, 1.82) is 0 Å². The molecule has 0 aliphatic heterocycles. The van der Waals surface area contributed by atoms with Crippen molar-refractivity contribution >= 4 is 22.8 Å². The molecule has 22 heavy (non-hydrogen) atoms. The molecule has 118 valence electrons. The normalized spacial score (nSPS) is 12.5. The second-order valence-electron chi connectivity index (χ2n) is 5.51. The number of hydrogen-bond donors (Lipinski definition) is 1. The second kappa shape index (κ2) is 6.17. The minimum atomic E-state index is -0.729. The van der Waals surface area contributed by atoms with E-state index >= 15 is 0 Å². The van der Waals surface area contributed by atoms with Gasteiger partial charge in [-0.05, 0) is 30.2 Å². The zero-order chi connectivity index (χ0) is 16.4. The van der Waals surface area contributed by atoms with Gasteiger partial charge < -0.3 is 14.6 Å². The van der Waals surface area contributed by atoms with E-state index in [4.69, 9.17) is 4.74 Å². The third-order valence-corrected chi connectivity index (χ3v) is 3.65. The number of hydrogen-bond acceptors (Lipinski definition) is 3. The lowest BCUT2D eigenvalue weighted by atomic mass is 10.0. The van der Waals surface area contributed by atoms with E-state index in [0.717, 1.165) is 5.39 Å². The van der Waals surface area contributed by atoms with Crippen LogP contribution in [-0.2, 0) is 16.6 Å². The Labute approximate surface area is 128 Å². The Morgan fingerprint density at radius 2 is 1.95 bits per heavy atom. The van der Waals surface area contributed by atoms with E-state index in [9.17, 15) is 14.0 Å². The summed E-state index contributed by atoms with van der Waals surface area (Å²) < 4.78 is 19.6. The van der Waals surface area contributed by atoms with E-state index in [-0.39, 0.29) is 11.7 Å². The molecule has 0 aliphatic carbocycles. The summed E-state index contributed by atoms with van der Waals surface area (Å²) in [4.78, 5) is 24.2. The molecular formula is C16H19FN2O3. The van der Waals surface area contributed by atoms with E-state index < -0.39 is 17.9 Å². The van der Waals surface area contributed by atoms with Gasteiger partial charge in [0.25, 0.3) is 5.91 Å². The largest absolute Gasteiger partial charge is 0.467 e. The van der Waals surface area contributed by atoms with Gasteiger partial charge in [-0.15, -0.1) is 0 Å². The van der Waals surface area contributed by atoms with Gasteiger partial charge in [-0.2, -0.15) is 0 Å². The van der Waals surface area contributed by atoms with Crippen LogP contribution in [0.4, 0.5) is 4.39 Å². The minimum Gasteiger partial charge on any atom is -0.467 e. The number of carbonyl (C=O) groups excluding carboxylic acids is 2. The molecule has 0 radical (unpaired) electrons. The number of carbonyl (C=O) groups is 2. The molecule has 6 heteroatoms. The van der Waals surface area contributed by atoms with Gasteiger partial charge in [-0.25, -0.2) is 9.18 Å². The Morgan fingerprint density at radius 3 is 2.55 bits per heavy atom. The molecule has 1 unspecified atom stereocenters. The first-order valence-electron chi connectivity index (χ1n) is 6.98. The zero-order valence-electron chi connectivity index (χ0n) is 13.0. The van der Waals surface area contributed by atoms with Crippen molar-refractivity contribution in [2.75, 3.05) is 7.11 Å². The van der Waals surface area contributed by atoms with Crippen molar-refractivity contribution in [1.82, 2.24) is 9.88 Å². The highest BCUT2D eigenvalue weighted by Gasteiger charge is 2.26. The average molecular weight is 306 g/mol. The number of nitrogens with one attached hydrogen (secondary N) is 1. The Balaban J connectivity index is 2.33. The summed E-state index contributed by atoms with van der Waals surface area (Å²) in [5, 5.41) is 3.43. The number of benzene rings is 1. The lowest BCUT2D eigenvalue weighted by Crippen LogP contribution is -2.45. The number of ether oxygens (including phenoxy) is 1. The van der Waals surface area contributed by atoms with E-state index in [1.807, 2.05) is 13.8 Å². The van der Waals surface area contributed by atoms with E-state index in [1.54, 1.807) is 23.7 Å². The molecule has 2 rings (SSSR count). The Bertz CT molecular complexity index is 721. The summed E-state index contributed by atoms with van der Waals surface area (Å²) in [6, 6.07) is 5.26. The first-order chi connectivity index (χ1) is 10.3. The van der Waals surface area contributed by atoms with Crippen molar-refractivity contribution < 1.29 is 18.7 Å². The highest BCUT2D eigenvalue weighted by atomic mass is 19.1. The maximum atomic E-state index is 13.3. The number of esters is 1. The lowest BCUT2D eigenvalue weighted by Gasteiger charge is -2.19. The topological polar surface area (TPSA) is 60.3 Å². The monoisotopic (exact) mass is 306 g/mol. The maximum Gasteiger partial charge on any atom is 0.328 e. The van der Waals surface area contributed by atoms with Crippen LogP contribution < -0.4 is 5.32 Å². The summed E-state index contributed by atoms with van der Waals surface area (Å²) in [5.74, 6) is -1.37. The molecule has 1 N–H and O–H groups in total. The molecule has 1 atom stereocenters. The SMILES string of the molecule is COC(=O)C(NC(=O)c1cc2ccc(F)cc2n1C)C(C)C. The van der Waals surface area contributed by atoms with Crippen LogP contribution in [0.2, 0.25) is 0 Å². The number of methoxy groups -OCH3 is 1. The molecule has 0 saturated carbocycles. The lowest BCUT2D eigenvalue weighted by molar-refractivity contribution is -0.144. The van der Waals surface area contributed by atoms with E-state index in [1.165, 1.54) is 19.2 Å². The Kier molecular flexibility index (Phi) is 4.49. The molecule has 0 saturated heterocycles. The number of rotatable bonds is 4. The fourth-order valence-electron chi connectivity index (χ4n) is 2.36. The van der Waals surface area contributed by atoms with Crippen molar-refractivity contribution in [3.05, 3.63) is 35.8 Å². The van der Waals surface area contributed by atoms with Gasteiger partial charge in [0.2, 0.25) is 0 Å². The molecule has 1 amide bonds. The Hall–Kier alpha value is -2.37. The number of nitrogens with zero attached hydrogens (tertiary/aromatic N) is 1. The van der Waals surface area contributed by atoms with Crippen LogP contribution in [0.1, 0.15) is 24.3 Å². The summed E-state index contributed by atoms with van der Waals surface area (Å²) in [6.07, 6.45) is 0. The van der Waals surface area contributed by atoms with Gasteiger partial charge in [-0.1, -0.05) is 13.8 Å². The first kappa shape index (κ1) is 16.0. The zero-order valence-corrected chi connectivity index (χ0v) is 13.0. The third-order valence-electron chi connectivity index (χ3n) is 3.65. The molecule has 0 aliphatic rings. The van der Waals surface area contributed by atoms with Gasteiger partial charge >= 0.3 is 5.97 Å². The molecule has 2 aromatic rings. The fraction of sp³-hybridized carbons (Fsp3) is 0.375. The molecule has 0 bridgehead atoms.